The summed E-state index contributed by atoms with van der Waals surface area (Å²) in [7, 11) is 0. The zero-order chi connectivity index (χ0) is 16.9. The Morgan fingerprint density at radius 2 is 1.15 bits per heavy atom. The number of aliphatic imine (C=N–C) groups is 1. The molecule has 2 atom stereocenters. The molecule has 3 aromatic rings. The van der Waals surface area contributed by atoms with Gasteiger partial charge in [-0.15, -0.1) is 24.8 Å². The van der Waals surface area contributed by atoms with Crippen molar-refractivity contribution in [3.8, 4) is 0 Å². The van der Waals surface area contributed by atoms with E-state index < -0.39 is 0 Å². The lowest BCUT2D eigenvalue weighted by molar-refractivity contribution is 0.571. The van der Waals surface area contributed by atoms with Gasteiger partial charge in [-0.25, -0.2) is 0 Å². The molecule has 3 aromatic carbocycles. The molecule has 4 heteroatoms. The highest BCUT2D eigenvalue weighted by atomic mass is 35.5. The van der Waals surface area contributed by atoms with Gasteiger partial charge in [-0.3, -0.25) is 4.99 Å². The summed E-state index contributed by atoms with van der Waals surface area (Å²) in [5.74, 6) is 1.10. The molecule has 0 aromatic heterocycles. The van der Waals surface area contributed by atoms with E-state index in [0.29, 0.717) is 0 Å². The predicted octanol–water partition coefficient (Wildman–Crippen LogP) is 5.95. The Labute approximate surface area is 173 Å². The van der Waals surface area contributed by atoms with E-state index in [0.717, 1.165) is 18.7 Å². The van der Waals surface area contributed by atoms with Crippen LogP contribution in [0.25, 0.3) is 0 Å². The fourth-order valence-corrected chi connectivity index (χ4v) is 3.43. The van der Waals surface area contributed by atoms with Crippen molar-refractivity contribution in [1.29, 1.82) is 0 Å². The minimum Gasteiger partial charge on any atom is -0.364 e. The van der Waals surface area contributed by atoms with Crippen LogP contribution in [0.15, 0.2) is 96.0 Å². The van der Waals surface area contributed by atoms with Crippen LogP contribution in [-0.2, 0) is 6.42 Å². The first-order valence-corrected chi connectivity index (χ1v) is 8.87. The fourth-order valence-electron chi connectivity index (χ4n) is 3.43. The van der Waals surface area contributed by atoms with Crippen molar-refractivity contribution in [3.05, 3.63) is 108 Å². The lowest BCUT2D eigenvalue weighted by atomic mass is 9.95. The van der Waals surface area contributed by atoms with Crippen LogP contribution in [0.1, 0.15) is 35.2 Å². The first kappa shape index (κ1) is 21.0. The molecule has 0 bridgehead atoms. The summed E-state index contributed by atoms with van der Waals surface area (Å²) in [5.41, 5.74) is 3.90. The molecule has 0 fully saturated rings. The number of amidine groups is 1. The average molecular weight is 399 g/mol. The maximum Gasteiger partial charge on any atom is 0.101 e. The van der Waals surface area contributed by atoms with E-state index in [2.05, 4.69) is 96.3 Å². The highest BCUT2D eigenvalue weighted by molar-refractivity contribution is 5.86. The Hall–Kier alpha value is -2.29. The van der Waals surface area contributed by atoms with Gasteiger partial charge in [0, 0.05) is 6.42 Å². The normalized spacial score (nSPS) is 17.9. The molecule has 1 aliphatic heterocycles. The van der Waals surface area contributed by atoms with Gasteiger partial charge in [0.05, 0.1) is 11.9 Å². The molecule has 0 spiro atoms. The molecule has 27 heavy (non-hydrogen) atoms. The summed E-state index contributed by atoms with van der Waals surface area (Å²) >= 11 is 0. The first-order chi connectivity index (χ1) is 12.4. The number of aryl methyl sites for hydroxylation is 1. The Morgan fingerprint density at radius 1 is 0.630 bits per heavy atom. The fraction of sp³-hybridized carbons (Fsp3) is 0.174. The molecular formula is C23H24Cl2N2. The second-order valence-corrected chi connectivity index (χ2v) is 6.45. The highest BCUT2D eigenvalue weighted by Gasteiger charge is 2.30. The van der Waals surface area contributed by atoms with Crippen LogP contribution in [0.4, 0.5) is 0 Å². The molecule has 1 aliphatic rings. The Kier molecular flexibility index (Phi) is 7.90. The number of nitrogens with zero attached hydrogens (tertiary/aromatic N) is 1. The molecule has 0 aliphatic carbocycles. The summed E-state index contributed by atoms with van der Waals surface area (Å²) in [5, 5.41) is 3.68. The van der Waals surface area contributed by atoms with Gasteiger partial charge in [0.2, 0.25) is 0 Å². The highest BCUT2D eigenvalue weighted by Crippen LogP contribution is 2.36. The third kappa shape index (κ3) is 5.12. The van der Waals surface area contributed by atoms with Gasteiger partial charge in [-0.05, 0) is 23.1 Å². The van der Waals surface area contributed by atoms with Crippen LogP contribution in [0, 0.1) is 0 Å². The average Bonchev–Trinajstić information content (AvgIpc) is 3.13. The standard InChI is InChI=1S/C23H22N2.2ClH/c1-4-10-18(11-5-1)16-17-21-24-22(19-12-6-2-7-13-19)23(25-21)20-14-8-3-9-15-20;;/h1-15,22-23H,16-17H2,(H,24,25);2*1H/t22-,23+;;. The Morgan fingerprint density at radius 3 is 1.74 bits per heavy atom. The molecule has 1 N–H and O–H groups in total. The summed E-state index contributed by atoms with van der Waals surface area (Å²) in [6.07, 6.45) is 1.95. The minimum atomic E-state index is 0. The molecule has 1 heterocycles. The number of halogens is 2. The lowest BCUT2D eigenvalue weighted by Gasteiger charge is -2.19. The van der Waals surface area contributed by atoms with Crippen molar-refractivity contribution in [3.63, 3.8) is 0 Å². The predicted molar refractivity (Wildman–Crippen MR) is 118 cm³/mol. The smallest absolute Gasteiger partial charge is 0.101 e. The largest absolute Gasteiger partial charge is 0.364 e. The zero-order valence-corrected chi connectivity index (χ0v) is 16.6. The van der Waals surface area contributed by atoms with Crippen molar-refractivity contribution in [2.24, 2.45) is 4.99 Å². The van der Waals surface area contributed by atoms with Gasteiger partial charge >= 0.3 is 0 Å². The molecule has 0 radical (unpaired) electrons. The van der Waals surface area contributed by atoms with Crippen molar-refractivity contribution < 1.29 is 0 Å². The second kappa shape index (κ2) is 10.1. The van der Waals surface area contributed by atoms with Crippen LogP contribution in [0.5, 0.6) is 0 Å². The quantitative estimate of drug-likeness (QED) is 0.564. The van der Waals surface area contributed by atoms with E-state index >= 15 is 0 Å². The van der Waals surface area contributed by atoms with Gasteiger partial charge in [0.1, 0.15) is 6.04 Å². The maximum absolute atomic E-state index is 5.04. The number of hydrogen-bond acceptors (Lipinski definition) is 2. The van der Waals surface area contributed by atoms with Crippen molar-refractivity contribution in [2.75, 3.05) is 0 Å². The molecular weight excluding hydrogens is 375 g/mol. The minimum absolute atomic E-state index is 0. The van der Waals surface area contributed by atoms with E-state index in [1.165, 1.54) is 16.7 Å². The van der Waals surface area contributed by atoms with Gasteiger partial charge in [-0.1, -0.05) is 91.0 Å². The van der Waals surface area contributed by atoms with Crippen LogP contribution in [-0.4, -0.2) is 5.84 Å². The number of rotatable bonds is 5. The molecule has 0 saturated carbocycles. The third-order valence-corrected chi connectivity index (χ3v) is 4.73. The van der Waals surface area contributed by atoms with E-state index in [9.17, 15) is 0 Å². The molecule has 140 valence electrons. The topological polar surface area (TPSA) is 24.4 Å². The summed E-state index contributed by atoms with van der Waals surface area (Å²) < 4.78 is 0. The third-order valence-electron chi connectivity index (χ3n) is 4.73. The van der Waals surface area contributed by atoms with Gasteiger partial charge in [-0.2, -0.15) is 0 Å². The zero-order valence-electron chi connectivity index (χ0n) is 15.0. The van der Waals surface area contributed by atoms with E-state index in [4.69, 9.17) is 4.99 Å². The summed E-state index contributed by atoms with van der Waals surface area (Å²) in [6, 6.07) is 32.2. The summed E-state index contributed by atoms with van der Waals surface area (Å²) in [6.45, 7) is 0. The van der Waals surface area contributed by atoms with Crippen molar-refractivity contribution >= 4 is 30.6 Å². The van der Waals surface area contributed by atoms with E-state index in [1.54, 1.807) is 0 Å². The molecule has 0 amide bonds. The monoisotopic (exact) mass is 398 g/mol. The number of benzene rings is 3. The lowest BCUT2D eigenvalue weighted by Crippen LogP contribution is -2.24. The van der Waals surface area contributed by atoms with Crippen LogP contribution in [0.3, 0.4) is 0 Å². The maximum atomic E-state index is 5.04. The van der Waals surface area contributed by atoms with Crippen LogP contribution >= 0.6 is 24.8 Å². The Bertz CT molecular complexity index is 836. The van der Waals surface area contributed by atoms with Gasteiger partial charge in [0.15, 0.2) is 0 Å². The van der Waals surface area contributed by atoms with E-state index in [-0.39, 0.29) is 36.9 Å². The van der Waals surface area contributed by atoms with E-state index in [1.807, 2.05) is 0 Å². The molecule has 2 nitrogen and oxygen atoms in total. The van der Waals surface area contributed by atoms with Gasteiger partial charge < -0.3 is 5.32 Å². The second-order valence-electron chi connectivity index (χ2n) is 6.45. The van der Waals surface area contributed by atoms with Crippen LogP contribution < -0.4 is 5.32 Å². The number of nitrogens with one attached hydrogen (secondary N) is 1. The van der Waals surface area contributed by atoms with Crippen molar-refractivity contribution in [1.82, 2.24) is 5.32 Å². The molecule has 0 saturated heterocycles. The number of hydrogen-bond donors (Lipinski definition) is 1. The van der Waals surface area contributed by atoms with Crippen LogP contribution in [0.2, 0.25) is 0 Å². The molecule has 4 rings (SSSR count). The summed E-state index contributed by atoms with van der Waals surface area (Å²) in [4.78, 5) is 5.04. The van der Waals surface area contributed by atoms with Gasteiger partial charge in [0.25, 0.3) is 0 Å². The Balaban J connectivity index is 0.00000131. The van der Waals surface area contributed by atoms with Crippen molar-refractivity contribution in [2.45, 2.75) is 24.9 Å². The SMILES string of the molecule is Cl.Cl.c1ccc(CCC2=N[C@@H](c3ccccc3)[C@@H](c3ccccc3)N2)cc1. The first-order valence-electron chi connectivity index (χ1n) is 8.87. The molecule has 0 unspecified atom stereocenters.